The first kappa shape index (κ1) is 17.6. The first-order chi connectivity index (χ1) is 12.1. The number of hydrogen-bond donors (Lipinski definition) is 0. The molecular weight excluding hydrogens is 320 g/mol. The van der Waals surface area contributed by atoms with Crippen LogP contribution >= 0.6 is 0 Å². The number of ether oxygens (including phenoxy) is 1. The molecule has 1 aromatic carbocycles. The van der Waals surface area contributed by atoms with Crippen LogP contribution in [0.4, 0.5) is 0 Å². The van der Waals surface area contributed by atoms with Gasteiger partial charge in [0, 0.05) is 26.7 Å². The molecular formula is C18H24N4O3. The lowest BCUT2D eigenvalue weighted by atomic mass is 10.1. The Bertz CT molecular complexity index is 731. The topological polar surface area (TPSA) is 71.7 Å². The summed E-state index contributed by atoms with van der Waals surface area (Å²) in [7, 11) is 1.58. The van der Waals surface area contributed by atoms with Crippen LogP contribution in [-0.2, 0) is 29.2 Å². The molecule has 1 aromatic heterocycles. The molecule has 1 saturated heterocycles. The monoisotopic (exact) mass is 344 g/mol. The second-order valence-corrected chi connectivity index (χ2v) is 6.43. The number of piperazine rings is 1. The van der Waals surface area contributed by atoms with Gasteiger partial charge in [-0.2, -0.15) is 4.98 Å². The molecule has 0 spiro atoms. The molecule has 0 N–H and O–H groups in total. The number of rotatable bonds is 6. The Balaban J connectivity index is 1.60. The van der Waals surface area contributed by atoms with Gasteiger partial charge in [0.15, 0.2) is 5.82 Å². The SMILES string of the molecule is COCc1nc(CN2CCN(Cc3cccc(C)c3)C(=O)[C@H]2C)no1. The van der Waals surface area contributed by atoms with Gasteiger partial charge < -0.3 is 14.2 Å². The number of carbonyl (C=O) groups is 1. The molecule has 0 saturated carbocycles. The lowest BCUT2D eigenvalue weighted by molar-refractivity contribution is -0.142. The molecule has 1 atom stereocenters. The zero-order valence-electron chi connectivity index (χ0n) is 14.9. The van der Waals surface area contributed by atoms with Crippen LogP contribution in [0.3, 0.4) is 0 Å². The summed E-state index contributed by atoms with van der Waals surface area (Å²) in [6.07, 6.45) is 0. The number of amides is 1. The van der Waals surface area contributed by atoms with Gasteiger partial charge in [0.05, 0.1) is 12.6 Å². The standard InChI is InChI=1S/C18H24N4O3/c1-13-5-4-6-15(9-13)10-22-8-7-21(14(2)18(22)23)11-16-19-17(12-24-3)25-20-16/h4-6,9,14H,7-8,10-12H2,1-3H3/t14-/m1/s1. The Labute approximate surface area is 147 Å². The molecule has 2 heterocycles. The molecule has 0 aliphatic carbocycles. The molecule has 25 heavy (non-hydrogen) atoms. The minimum atomic E-state index is -0.206. The first-order valence-electron chi connectivity index (χ1n) is 8.45. The van der Waals surface area contributed by atoms with E-state index in [4.69, 9.17) is 9.26 Å². The number of aryl methyl sites for hydroxylation is 1. The molecule has 7 nitrogen and oxygen atoms in total. The molecule has 0 bridgehead atoms. The summed E-state index contributed by atoms with van der Waals surface area (Å²) >= 11 is 0. The second-order valence-electron chi connectivity index (χ2n) is 6.43. The van der Waals surface area contributed by atoms with Crippen molar-refractivity contribution in [1.82, 2.24) is 19.9 Å². The van der Waals surface area contributed by atoms with Gasteiger partial charge in [-0.05, 0) is 19.4 Å². The van der Waals surface area contributed by atoms with Crippen LogP contribution in [0.5, 0.6) is 0 Å². The number of aromatic nitrogens is 2. The van der Waals surface area contributed by atoms with Gasteiger partial charge in [-0.15, -0.1) is 0 Å². The third-order valence-electron chi connectivity index (χ3n) is 4.45. The lowest BCUT2D eigenvalue weighted by Gasteiger charge is -2.38. The van der Waals surface area contributed by atoms with Crippen molar-refractivity contribution < 1.29 is 14.1 Å². The Morgan fingerprint density at radius 1 is 1.32 bits per heavy atom. The van der Waals surface area contributed by atoms with Crippen molar-refractivity contribution in [1.29, 1.82) is 0 Å². The van der Waals surface area contributed by atoms with Crippen molar-refractivity contribution in [2.45, 2.75) is 39.6 Å². The Hall–Kier alpha value is -2.25. The highest BCUT2D eigenvalue weighted by atomic mass is 16.5. The normalized spacial score (nSPS) is 18.8. The highest BCUT2D eigenvalue weighted by Gasteiger charge is 2.32. The van der Waals surface area contributed by atoms with Crippen LogP contribution in [0, 0.1) is 6.92 Å². The predicted molar refractivity (Wildman–Crippen MR) is 91.5 cm³/mol. The molecule has 2 aromatic rings. The van der Waals surface area contributed by atoms with Gasteiger partial charge in [0.25, 0.3) is 5.89 Å². The van der Waals surface area contributed by atoms with E-state index in [0.717, 1.165) is 12.1 Å². The maximum Gasteiger partial charge on any atom is 0.252 e. The van der Waals surface area contributed by atoms with Crippen molar-refractivity contribution in [3.8, 4) is 0 Å². The summed E-state index contributed by atoms with van der Waals surface area (Å²) in [5.74, 6) is 1.17. The summed E-state index contributed by atoms with van der Waals surface area (Å²) in [6, 6.07) is 8.08. The van der Waals surface area contributed by atoms with Gasteiger partial charge in [-0.1, -0.05) is 35.0 Å². The molecule has 7 heteroatoms. The van der Waals surface area contributed by atoms with Gasteiger partial charge >= 0.3 is 0 Å². The zero-order chi connectivity index (χ0) is 17.8. The fourth-order valence-corrected chi connectivity index (χ4v) is 3.10. The zero-order valence-corrected chi connectivity index (χ0v) is 14.9. The predicted octanol–water partition coefficient (Wildman–Crippen LogP) is 1.76. The quantitative estimate of drug-likeness (QED) is 0.795. The van der Waals surface area contributed by atoms with E-state index in [1.165, 1.54) is 5.56 Å². The lowest BCUT2D eigenvalue weighted by Crippen LogP contribution is -2.55. The van der Waals surface area contributed by atoms with E-state index >= 15 is 0 Å². The summed E-state index contributed by atoms with van der Waals surface area (Å²) in [5.41, 5.74) is 2.37. The average molecular weight is 344 g/mol. The van der Waals surface area contributed by atoms with Crippen LogP contribution in [0.15, 0.2) is 28.8 Å². The largest absolute Gasteiger partial charge is 0.375 e. The van der Waals surface area contributed by atoms with Crippen molar-refractivity contribution in [2.75, 3.05) is 20.2 Å². The molecule has 0 radical (unpaired) electrons. The molecule has 1 aliphatic rings. The molecule has 3 rings (SSSR count). The third kappa shape index (κ3) is 4.24. The van der Waals surface area contributed by atoms with Gasteiger partial charge in [-0.25, -0.2) is 0 Å². The highest BCUT2D eigenvalue weighted by Crippen LogP contribution is 2.17. The van der Waals surface area contributed by atoms with Crippen LogP contribution in [0.25, 0.3) is 0 Å². The number of nitrogens with zero attached hydrogens (tertiary/aromatic N) is 4. The number of carbonyl (C=O) groups excluding carboxylic acids is 1. The average Bonchev–Trinajstić information content (AvgIpc) is 3.02. The fraction of sp³-hybridized carbons (Fsp3) is 0.500. The minimum absolute atomic E-state index is 0.133. The number of benzene rings is 1. The van der Waals surface area contributed by atoms with E-state index in [9.17, 15) is 4.79 Å². The van der Waals surface area contributed by atoms with Crippen LogP contribution < -0.4 is 0 Å². The first-order valence-corrected chi connectivity index (χ1v) is 8.45. The smallest absolute Gasteiger partial charge is 0.252 e. The van der Waals surface area contributed by atoms with Crippen molar-refractivity contribution in [2.24, 2.45) is 0 Å². The van der Waals surface area contributed by atoms with Crippen LogP contribution in [0.2, 0.25) is 0 Å². The fourth-order valence-electron chi connectivity index (χ4n) is 3.10. The van der Waals surface area contributed by atoms with Crippen LogP contribution in [0.1, 0.15) is 29.8 Å². The van der Waals surface area contributed by atoms with E-state index in [1.807, 2.05) is 17.9 Å². The maximum atomic E-state index is 12.7. The number of hydrogen-bond acceptors (Lipinski definition) is 6. The van der Waals surface area contributed by atoms with Gasteiger partial charge in [0.2, 0.25) is 5.91 Å². The second kappa shape index (κ2) is 7.76. The van der Waals surface area contributed by atoms with Gasteiger partial charge in [0.1, 0.15) is 6.61 Å². The Morgan fingerprint density at radius 2 is 2.16 bits per heavy atom. The van der Waals surface area contributed by atoms with E-state index < -0.39 is 0 Å². The summed E-state index contributed by atoms with van der Waals surface area (Å²) in [6.45, 7) is 6.92. The highest BCUT2D eigenvalue weighted by molar-refractivity contribution is 5.82. The van der Waals surface area contributed by atoms with E-state index in [1.54, 1.807) is 7.11 Å². The van der Waals surface area contributed by atoms with Crippen molar-refractivity contribution in [3.05, 3.63) is 47.1 Å². The molecule has 134 valence electrons. The summed E-state index contributed by atoms with van der Waals surface area (Å²) in [5, 5.41) is 3.95. The van der Waals surface area contributed by atoms with Gasteiger partial charge in [-0.3, -0.25) is 9.69 Å². The molecule has 1 amide bonds. The molecule has 0 unspecified atom stereocenters. The van der Waals surface area contributed by atoms with Crippen LogP contribution in [-0.4, -0.2) is 52.1 Å². The van der Waals surface area contributed by atoms with Crippen molar-refractivity contribution >= 4 is 5.91 Å². The maximum absolute atomic E-state index is 12.7. The Kier molecular flexibility index (Phi) is 5.45. The molecule has 1 fully saturated rings. The molecule has 1 aliphatic heterocycles. The summed E-state index contributed by atoms with van der Waals surface area (Å²) in [4.78, 5) is 21.0. The van der Waals surface area contributed by atoms with Crippen molar-refractivity contribution in [3.63, 3.8) is 0 Å². The third-order valence-corrected chi connectivity index (χ3v) is 4.45. The minimum Gasteiger partial charge on any atom is -0.375 e. The van der Waals surface area contributed by atoms with E-state index in [2.05, 4.69) is 40.2 Å². The summed E-state index contributed by atoms with van der Waals surface area (Å²) < 4.78 is 10.1. The Morgan fingerprint density at radius 3 is 2.92 bits per heavy atom. The number of methoxy groups -OCH3 is 1. The van der Waals surface area contributed by atoms with E-state index in [0.29, 0.717) is 38.0 Å². The van der Waals surface area contributed by atoms with E-state index in [-0.39, 0.29) is 11.9 Å².